The van der Waals surface area contributed by atoms with Gasteiger partial charge in [-0.05, 0) is 61.3 Å². The third-order valence-corrected chi connectivity index (χ3v) is 4.42. The highest BCUT2D eigenvalue weighted by Crippen LogP contribution is 2.26. The molecule has 0 heterocycles. The van der Waals surface area contributed by atoms with Crippen LogP contribution < -0.4 is 5.32 Å². The molecule has 122 valence electrons. The zero-order chi connectivity index (χ0) is 16.7. The van der Waals surface area contributed by atoms with Crippen molar-refractivity contribution in [3.8, 4) is 0 Å². The van der Waals surface area contributed by atoms with Gasteiger partial charge in [0.05, 0.1) is 0 Å². The van der Waals surface area contributed by atoms with Crippen molar-refractivity contribution in [3.05, 3.63) is 54.1 Å². The number of rotatable bonds is 9. The Labute approximate surface area is 137 Å². The van der Waals surface area contributed by atoms with E-state index in [1.54, 1.807) is 0 Å². The molecule has 1 rings (SSSR count). The Morgan fingerprint density at radius 2 is 1.86 bits per heavy atom. The molecule has 0 aliphatic rings. The average molecular weight is 300 g/mol. The standard InChI is InChI=1S/C21H33N/c1-8-10-16(4)13-14-21(22-15(2)3)19(7)20-12-9-11-17(5)18(20)6/h8-9,11-12,15-16,21-22H,1,7,10,13-14H2,2-6H3. The van der Waals surface area contributed by atoms with Gasteiger partial charge in [0.15, 0.2) is 0 Å². The third-order valence-electron chi connectivity index (χ3n) is 4.42. The molecule has 0 spiro atoms. The SMILES string of the molecule is C=CCC(C)CCC(NC(C)C)C(=C)c1cccc(C)c1C. The molecule has 0 amide bonds. The molecule has 0 fully saturated rings. The van der Waals surface area contributed by atoms with Gasteiger partial charge in [-0.2, -0.15) is 0 Å². The number of hydrogen-bond donors (Lipinski definition) is 1. The molecule has 2 atom stereocenters. The van der Waals surface area contributed by atoms with Crippen molar-refractivity contribution in [2.24, 2.45) is 5.92 Å². The molecule has 0 saturated heterocycles. The number of aryl methyl sites for hydroxylation is 1. The summed E-state index contributed by atoms with van der Waals surface area (Å²) in [6, 6.07) is 7.31. The Kier molecular flexibility index (Phi) is 7.61. The molecule has 1 N–H and O–H groups in total. The molecule has 2 unspecified atom stereocenters. The maximum Gasteiger partial charge on any atom is 0.0322 e. The highest BCUT2D eigenvalue weighted by molar-refractivity contribution is 5.70. The minimum absolute atomic E-state index is 0.341. The summed E-state index contributed by atoms with van der Waals surface area (Å²) in [4.78, 5) is 0. The Balaban J connectivity index is 2.88. The fourth-order valence-electron chi connectivity index (χ4n) is 2.90. The van der Waals surface area contributed by atoms with Crippen molar-refractivity contribution >= 4 is 5.57 Å². The lowest BCUT2D eigenvalue weighted by Gasteiger charge is -2.26. The largest absolute Gasteiger partial charge is 0.308 e. The second-order valence-corrected chi connectivity index (χ2v) is 6.85. The zero-order valence-corrected chi connectivity index (χ0v) is 15.1. The van der Waals surface area contributed by atoms with E-state index in [0.717, 1.165) is 12.8 Å². The molecule has 0 saturated carbocycles. The van der Waals surface area contributed by atoms with Gasteiger partial charge >= 0.3 is 0 Å². The van der Waals surface area contributed by atoms with Crippen molar-refractivity contribution in [3.63, 3.8) is 0 Å². The van der Waals surface area contributed by atoms with E-state index in [4.69, 9.17) is 0 Å². The Bertz CT molecular complexity index is 499. The lowest BCUT2D eigenvalue weighted by molar-refractivity contribution is 0.442. The third kappa shape index (κ3) is 5.46. The van der Waals surface area contributed by atoms with Crippen molar-refractivity contribution in [1.29, 1.82) is 0 Å². The topological polar surface area (TPSA) is 12.0 Å². The molecule has 0 aromatic heterocycles. The Hall–Kier alpha value is -1.34. The second-order valence-electron chi connectivity index (χ2n) is 6.85. The van der Waals surface area contributed by atoms with Gasteiger partial charge in [0.25, 0.3) is 0 Å². The maximum absolute atomic E-state index is 4.42. The van der Waals surface area contributed by atoms with Gasteiger partial charge in [-0.15, -0.1) is 6.58 Å². The molecule has 1 heteroatoms. The molecule has 0 aliphatic carbocycles. The van der Waals surface area contributed by atoms with E-state index in [9.17, 15) is 0 Å². The van der Waals surface area contributed by atoms with Crippen LogP contribution in [0.15, 0.2) is 37.4 Å². The number of hydrogen-bond acceptors (Lipinski definition) is 1. The minimum Gasteiger partial charge on any atom is -0.308 e. The summed E-state index contributed by atoms with van der Waals surface area (Å²) in [6.07, 6.45) is 5.43. The molecular formula is C21H33N. The van der Waals surface area contributed by atoms with Gasteiger partial charge in [-0.3, -0.25) is 0 Å². The molecule has 1 aromatic carbocycles. The van der Waals surface area contributed by atoms with Crippen LogP contribution in [0.25, 0.3) is 5.57 Å². The molecule has 22 heavy (non-hydrogen) atoms. The first kappa shape index (κ1) is 18.7. The number of nitrogens with one attached hydrogen (secondary N) is 1. The van der Waals surface area contributed by atoms with Crippen molar-refractivity contribution in [1.82, 2.24) is 5.32 Å². The van der Waals surface area contributed by atoms with Crippen molar-refractivity contribution < 1.29 is 0 Å². The lowest BCUT2D eigenvalue weighted by atomic mass is 9.89. The molecule has 1 nitrogen and oxygen atoms in total. The summed E-state index contributed by atoms with van der Waals surface area (Å²) in [6.45, 7) is 19.3. The molecule has 0 aliphatic heterocycles. The first-order valence-electron chi connectivity index (χ1n) is 8.49. The van der Waals surface area contributed by atoms with Gasteiger partial charge < -0.3 is 5.32 Å². The van der Waals surface area contributed by atoms with E-state index in [0.29, 0.717) is 18.0 Å². The van der Waals surface area contributed by atoms with Crippen LogP contribution >= 0.6 is 0 Å². The van der Waals surface area contributed by atoms with E-state index in [1.807, 2.05) is 6.08 Å². The number of benzene rings is 1. The van der Waals surface area contributed by atoms with Gasteiger partial charge in [-0.1, -0.05) is 51.6 Å². The summed E-state index contributed by atoms with van der Waals surface area (Å²) in [7, 11) is 0. The smallest absolute Gasteiger partial charge is 0.0322 e. The fraction of sp³-hybridized carbons (Fsp3) is 0.524. The summed E-state index contributed by atoms with van der Waals surface area (Å²) in [5.41, 5.74) is 5.21. The van der Waals surface area contributed by atoms with Crippen LogP contribution in [-0.4, -0.2) is 12.1 Å². The quantitative estimate of drug-likeness (QED) is 0.579. The highest BCUT2D eigenvalue weighted by Gasteiger charge is 2.18. The first-order valence-corrected chi connectivity index (χ1v) is 8.49. The molecular weight excluding hydrogens is 266 g/mol. The van der Waals surface area contributed by atoms with E-state index >= 15 is 0 Å². The predicted molar refractivity (Wildman–Crippen MR) is 100 cm³/mol. The molecule has 0 radical (unpaired) electrons. The lowest BCUT2D eigenvalue weighted by Crippen LogP contribution is -2.36. The van der Waals surface area contributed by atoms with Crippen LogP contribution in [0.5, 0.6) is 0 Å². The van der Waals surface area contributed by atoms with Crippen LogP contribution in [0.1, 0.15) is 56.7 Å². The normalized spacial score (nSPS) is 13.9. The van der Waals surface area contributed by atoms with Gasteiger partial charge in [0.2, 0.25) is 0 Å². The maximum atomic E-state index is 4.42. The van der Waals surface area contributed by atoms with Gasteiger partial charge in [0, 0.05) is 12.1 Å². The van der Waals surface area contributed by atoms with Crippen molar-refractivity contribution in [2.75, 3.05) is 0 Å². The van der Waals surface area contributed by atoms with E-state index in [1.165, 1.54) is 28.7 Å². The van der Waals surface area contributed by atoms with Crippen LogP contribution in [-0.2, 0) is 0 Å². The summed E-state index contributed by atoms with van der Waals surface area (Å²) in [5, 5.41) is 3.70. The molecule has 0 bridgehead atoms. The van der Waals surface area contributed by atoms with Crippen molar-refractivity contribution in [2.45, 2.75) is 66.0 Å². The van der Waals surface area contributed by atoms with E-state index in [2.05, 4.69) is 71.3 Å². The second kappa shape index (κ2) is 8.95. The van der Waals surface area contributed by atoms with Crippen LogP contribution in [0.2, 0.25) is 0 Å². The Morgan fingerprint density at radius 1 is 1.18 bits per heavy atom. The predicted octanol–water partition coefficient (Wildman–Crippen LogP) is 5.68. The monoisotopic (exact) mass is 299 g/mol. The van der Waals surface area contributed by atoms with E-state index in [-0.39, 0.29) is 0 Å². The number of allylic oxidation sites excluding steroid dienone is 1. The van der Waals surface area contributed by atoms with Crippen LogP contribution in [0.4, 0.5) is 0 Å². The minimum atomic E-state index is 0.341. The Morgan fingerprint density at radius 3 is 2.45 bits per heavy atom. The summed E-state index contributed by atoms with van der Waals surface area (Å²) in [5.74, 6) is 0.681. The van der Waals surface area contributed by atoms with Crippen LogP contribution in [0, 0.1) is 19.8 Å². The highest BCUT2D eigenvalue weighted by atomic mass is 14.9. The first-order chi connectivity index (χ1) is 10.4. The van der Waals surface area contributed by atoms with E-state index < -0.39 is 0 Å². The van der Waals surface area contributed by atoms with Gasteiger partial charge in [0.1, 0.15) is 0 Å². The molecule has 1 aromatic rings. The summed E-state index contributed by atoms with van der Waals surface area (Å²) >= 11 is 0. The average Bonchev–Trinajstić information content (AvgIpc) is 2.45. The zero-order valence-electron chi connectivity index (χ0n) is 15.1. The van der Waals surface area contributed by atoms with Gasteiger partial charge in [-0.25, -0.2) is 0 Å². The summed E-state index contributed by atoms with van der Waals surface area (Å²) < 4.78 is 0. The fourth-order valence-corrected chi connectivity index (χ4v) is 2.90. The van der Waals surface area contributed by atoms with Crippen LogP contribution in [0.3, 0.4) is 0 Å².